The van der Waals surface area contributed by atoms with Crippen molar-refractivity contribution in [3.8, 4) is 0 Å². The Kier molecular flexibility index (Phi) is 17.1. The van der Waals surface area contributed by atoms with Crippen molar-refractivity contribution in [3.63, 3.8) is 0 Å². The van der Waals surface area contributed by atoms with E-state index in [0.717, 1.165) is 12.8 Å². The molecule has 0 aliphatic carbocycles. The van der Waals surface area contributed by atoms with Crippen LogP contribution in [0.3, 0.4) is 0 Å². The summed E-state index contributed by atoms with van der Waals surface area (Å²) in [5.41, 5.74) is 0.289. The second-order valence-corrected chi connectivity index (χ2v) is 4.40. The van der Waals surface area contributed by atoms with E-state index in [-0.39, 0.29) is 31.9 Å². The van der Waals surface area contributed by atoms with Crippen molar-refractivity contribution in [2.45, 2.75) is 40.5 Å². The van der Waals surface area contributed by atoms with Gasteiger partial charge in [0.05, 0.1) is 6.54 Å². The molecule has 0 unspecified atom stereocenters. The zero-order chi connectivity index (χ0) is 18.8. The highest BCUT2D eigenvalue weighted by Crippen LogP contribution is 1.91. The Morgan fingerprint density at radius 1 is 0.875 bits per heavy atom. The highest BCUT2D eigenvalue weighted by molar-refractivity contribution is 5.86. The molecule has 0 aromatic rings. The minimum atomic E-state index is -0.679. The summed E-state index contributed by atoms with van der Waals surface area (Å²) in [6, 6.07) is 0. The Morgan fingerprint density at radius 2 is 1.38 bits per heavy atom. The van der Waals surface area contributed by atoms with E-state index >= 15 is 0 Å². The van der Waals surface area contributed by atoms with Crippen molar-refractivity contribution >= 4 is 18.2 Å². The van der Waals surface area contributed by atoms with Crippen LogP contribution in [0.5, 0.6) is 0 Å². The molecule has 0 rings (SSSR count). The smallest absolute Gasteiger partial charge is 0.407 e. The van der Waals surface area contributed by atoms with Crippen molar-refractivity contribution in [2.24, 2.45) is 0 Å². The molecular weight excluding hydrogens is 316 g/mol. The molecule has 0 heterocycles. The Hall–Kier alpha value is -2.25. The zero-order valence-electron chi connectivity index (χ0n) is 15.1. The number of ether oxygens (including phenoxy) is 3. The van der Waals surface area contributed by atoms with Crippen LogP contribution in [0.25, 0.3) is 0 Å². The molecule has 0 saturated heterocycles. The molecular formula is C16H30N2O6. The minimum Gasteiger partial charge on any atom is -0.460 e. The average Bonchev–Trinajstić information content (AvgIpc) is 2.57. The molecule has 0 radical (unpaired) electrons. The SMILES string of the molecule is C=C(C)C(=O)OCCNC(=O)OCCOC(=O)NCCCC.CC. The van der Waals surface area contributed by atoms with E-state index in [1.165, 1.54) is 6.92 Å². The molecule has 8 nitrogen and oxygen atoms in total. The molecule has 2 N–H and O–H groups in total. The lowest BCUT2D eigenvalue weighted by molar-refractivity contribution is -0.138. The summed E-state index contributed by atoms with van der Waals surface area (Å²) >= 11 is 0. The molecule has 0 bridgehead atoms. The van der Waals surface area contributed by atoms with E-state index in [1.807, 2.05) is 20.8 Å². The van der Waals surface area contributed by atoms with Gasteiger partial charge in [-0.25, -0.2) is 14.4 Å². The van der Waals surface area contributed by atoms with Gasteiger partial charge in [-0.2, -0.15) is 0 Å². The molecule has 0 aromatic heterocycles. The van der Waals surface area contributed by atoms with Crippen LogP contribution in [0.2, 0.25) is 0 Å². The molecule has 0 atom stereocenters. The van der Waals surface area contributed by atoms with Crippen molar-refractivity contribution in [2.75, 3.05) is 32.9 Å². The quantitative estimate of drug-likeness (QED) is 0.272. The van der Waals surface area contributed by atoms with Gasteiger partial charge in [0.1, 0.15) is 19.8 Å². The molecule has 0 spiro atoms. The van der Waals surface area contributed by atoms with Crippen molar-refractivity contribution in [3.05, 3.63) is 12.2 Å². The third-order valence-electron chi connectivity index (χ3n) is 2.30. The Labute approximate surface area is 143 Å². The number of amides is 2. The first kappa shape index (κ1) is 24.0. The molecule has 0 fully saturated rings. The van der Waals surface area contributed by atoms with Crippen LogP contribution >= 0.6 is 0 Å². The summed E-state index contributed by atoms with van der Waals surface area (Å²) in [5, 5.41) is 4.94. The molecule has 2 amide bonds. The number of hydrogen-bond donors (Lipinski definition) is 2. The molecule has 0 aromatic carbocycles. The Balaban J connectivity index is 0. The first-order chi connectivity index (χ1) is 11.5. The third kappa shape index (κ3) is 16.1. The van der Waals surface area contributed by atoms with Gasteiger partial charge >= 0.3 is 18.2 Å². The standard InChI is InChI=1S/C14H24N2O6.C2H6/c1-4-5-6-15-13(18)21-9-10-22-14(19)16-7-8-20-12(17)11(2)3;1-2/h2,4-10H2,1,3H3,(H,15,18)(H,16,19);1-2H3. The third-order valence-corrected chi connectivity index (χ3v) is 2.30. The van der Waals surface area contributed by atoms with Crippen LogP contribution in [-0.2, 0) is 19.0 Å². The maximum absolute atomic E-state index is 11.2. The van der Waals surface area contributed by atoms with E-state index in [9.17, 15) is 14.4 Å². The van der Waals surface area contributed by atoms with Gasteiger partial charge in [-0.3, -0.25) is 0 Å². The maximum Gasteiger partial charge on any atom is 0.407 e. The van der Waals surface area contributed by atoms with Crippen LogP contribution in [0.15, 0.2) is 12.2 Å². The largest absolute Gasteiger partial charge is 0.460 e. The predicted octanol–water partition coefficient (Wildman–Crippen LogP) is 2.38. The normalized spacial score (nSPS) is 9.00. The van der Waals surface area contributed by atoms with Gasteiger partial charge in [0.25, 0.3) is 0 Å². The summed E-state index contributed by atoms with van der Waals surface area (Å²) in [6.45, 7) is 11.6. The minimum absolute atomic E-state index is 0.0249. The van der Waals surface area contributed by atoms with Crippen LogP contribution in [-0.4, -0.2) is 51.1 Å². The summed E-state index contributed by atoms with van der Waals surface area (Å²) < 4.78 is 14.3. The molecule has 8 heteroatoms. The molecule has 24 heavy (non-hydrogen) atoms. The first-order valence-corrected chi connectivity index (χ1v) is 8.11. The number of hydrogen-bond acceptors (Lipinski definition) is 6. The lowest BCUT2D eigenvalue weighted by Crippen LogP contribution is -2.31. The number of alkyl carbamates (subject to hydrolysis) is 2. The second kappa shape index (κ2) is 17.1. The lowest BCUT2D eigenvalue weighted by atomic mass is 10.3. The highest BCUT2D eigenvalue weighted by atomic mass is 16.6. The monoisotopic (exact) mass is 346 g/mol. The van der Waals surface area contributed by atoms with Gasteiger partial charge < -0.3 is 24.8 Å². The number of unbranched alkanes of at least 4 members (excludes halogenated alkanes) is 1. The number of carbonyl (C=O) groups is 3. The van der Waals surface area contributed by atoms with Crippen LogP contribution in [0.4, 0.5) is 9.59 Å². The van der Waals surface area contributed by atoms with Gasteiger partial charge in [0.15, 0.2) is 0 Å². The topological polar surface area (TPSA) is 103 Å². The summed E-state index contributed by atoms with van der Waals surface area (Å²) in [6.07, 6.45) is 0.639. The predicted molar refractivity (Wildman–Crippen MR) is 90.7 cm³/mol. The van der Waals surface area contributed by atoms with Crippen LogP contribution in [0.1, 0.15) is 40.5 Å². The van der Waals surface area contributed by atoms with Crippen LogP contribution in [0, 0.1) is 0 Å². The molecule has 140 valence electrons. The number of rotatable bonds is 10. The van der Waals surface area contributed by atoms with Gasteiger partial charge in [-0.05, 0) is 13.3 Å². The van der Waals surface area contributed by atoms with Gasteiger partial charge in [-0.15, -0.1) is 0 Å². The highest BCUT2D eigenvalue weighted by Gasteiger charge is 2.05. The van der Waals surface area contributed by atoms with Crippen molar-refractivity contribution in [1.29, 1.82) is 0 Å². The zero-order valence-corrected chi connectivity index (χ0v) is 15.1. The number of esters is 1. The maximum atomic E-state index is 11.2. The fraction of sp³-hybridized carbons (Fsp3) is 0.688. The number of carbonyl (C=O) groups excluding carboxylic acids is 3. The second-order valence-electron chi connectivity index (χ2n) is 4.40. The van der Waals surface area contributed by atoms with Crippen molar-refractivity contribution in [1.82, 2.24) is 10.6 Å². The van der Waals surface area contributed by atoms with E-state index < -0.39 is 18.2 Å². The molecule has 0 aliphatic rings. The Bertz CT molecular complexity index is 385. The van der Waals surface area contributed by atoms with Gasteiger partial charge in [0.2, 0.25) is 0 Å². The van der Waals surface area contributed by atoms with E-state index in [4.69, 9.17) is 14.2 Å². The van der Waals surface area contributed by atoms with Crippen molar-refractivity contribution < 1.29 is 28.6 Å². The fourth-order valence-electron chi connectivity index (χ4n) is 1.16. The fourth-order valence-corrected chi connectivity index (χ4v) is 1.16. The van der Waals surface area contributed by atoms with E-state index in [2.05, 4.69) is 17.2 Å². The van der Waals surface area contributed by atoms with Crippen LogP contribution < -0.4 is 10.6 Å². The summed E-state index contributed by atoms with van der Waals surface area (Å²) in [7, 11) is 0. The number of nitrogens with one attached hydrogen (secondary N) is 2. The van der Waals surface area contributed by atoms with E-state index in [0.29, 0.717) is 6.54 Å². The average molecular weight is 346 g/mol. The van der Waals surface area contributed by atoms with Gasteiger partial charge in [0, 0.05) is 12.1 Å². The summed E-state index contributed by atoms with van der Waals surface area (Å²) in [5.74, 6) is -0.516. The van der Waals surface area contributed by atoms with Gasteiger partial charge in [-0.1, -0.05) is 33.8 Å². The summed E-state index contributed by atoms with van der Waals surface area (Å²) in [4.78, 5) is 33.4. The Morgan fingerprint density at radius 3 is 1.83 bits per heavy atom. The van der Waals surface area contributed by atoms with E-state index in [1.54, 1.807) is 0 Å². The first-order valence-electron chi connectivity index (χ1n) is 8.11. The molecule has 0 aliphatic heterocycles. The lowest BCUT2D eigenvalue weighted by Gasteiger charge is -2.09. The molecule has 0 saturated carbocycles.